The average Bonchev–Trinajstić information content (AvgIpc) is 2.64. The third kappa shape index (κ3) is 6.78. The Hall–Kier alpha value is -1.30. The number of halogens is 2. The van der Waals surface area contributed by atoms with E-state index in [9.17, 15) is 9.59 Å². The Bertz CT molecular complexity index is 575. The molecule has 1 heterocycles. The van der Waals surface area contributed by atoms with E-state index in [0.29, 0.717) is 23.0 Å². The van der Waals surface area contributed by atoms with Crippen molar-refractivity contribution in [1.82, 2.24) is 16.0 Å². The van der Waals surface area contributed by atoms with E-state index < -0.39 is 6.04 Å². The van der Waals surface area contributed by atoms with Gasteiger partial charge in [-0.15, -0.1) is 12.4 Å². The number of benzene rings is 1. The fourth-order valence-corrected chi connectivity index (χ4v) is 3.11. The molecule has 0 aromatic heterocycles. The molecule has 0 spiro atoms. The van der Waals surface area contributed by atoms with Crippen molar-refractivity contribution in [2.24, 2.45) is 11.8 Å². The molecule has 3 N–H and O–H groups in total. The number of rotatable bonds is 7. The van der Waals surface area contributed by atoms with E-state index in [1.807, 2.05) is 13.8 Å². The van der Waals surface area contributed by atoms with Gasteiger partial charge in [0.05, 0.1) is 0 Å². The van der Waals surface area contributed by atoms with Crippen LogP contribution in [0.25, 0.3) is 0 Å². The third-order valence-corrected chi connectivity index (χ3v) is 5.10. The van der Waals surface area contributed by atoms with Gasteiger partial charge in [-0.1, -0.05) is 31.9 Å². The summed E-state index contributed by atoms with van der Waals surface area (Å²) in [5, 5.41) is 9.83. The zero-order chi connectivity index (χ0) is 18.2. The van der Waals surface area contributed by atoms with Gasteiger partial charge >= 0.3 is 0 Å². The molecule has 1 aromatic rings. The van der Waals surface area contributed by atoms with E-state index in [4.69, 9.17) is 11.6 Å². The molecule has 0 aliphatic carbocycles. The number of carbonyl (C=O) groups is 2. The van der Waals surface area contributed by atoms with E-state index in [2.05, 4.69) is 16.0 Å². The normalized spacial score (nSPS) is 19.0. The van der Waals surface area contributed by atoms with Gasteiger partial charge in [0.1, 0.15) is 6.04 Å². The SMILES string of the molecule is CCC(C)C(NC(=O)c1ccc(Cl)cc1)C(=O)NCC1CCCNC1.Cl. The molecule has 2 amide bonds. The van der Waals surface area contributed by atoms with Crippen LogP contribution in [0, 0.1) is 11.8 Å². The Morgan fingerprint density at radius 2 is 2.00 bits per heavy atom. The van der Waals surface area contributed by atoms with Gasteiger partial charge in [-0.2, -0.15) is 0 Å². The second-order valence-corrected chi connectivity index (χ2v) is 7.24. The van der Waals surface area contributed by atoms with Crippen molar-refractivity contribution in [3.05, 3.63) is 34.9 Å². The first-order valence-corrected chi connectivity index (χ1v) is 9.44. The molecule has 1 fully saturated rings. The van der Waals surface area contributed by atoms with Gasteiger partial charge < -0.3 is 16.0 Å². The number of hydrogen-bond donors (Lipinski definition) is 3. The summed E-state index contributed by atoms with van der Waals surface area (Å²) >= 11 is 5.86. The first-order valence-electron chi connectivity index (χ1n) is 9.06. The van der Waals surface area contributed by atoms with Gasteiger partial charge in [0.2, 0.25) is 5.91 Å². The first kappa shape index (κ1) is 22.7. The molecule has 1 aliphatic rings. The Balaban J connectivity index is 0.00000338. The summed E-state index contributed by atoms with van der Waals surface area (Å²) < 4.78 is 0. The maximum absolute atomic E-state index is 12.6. The zero-order valence-electron chi connectivity index (χ0n) is 15.4. The first-order chi connectivity index (χ1) is 12.0. The van der Waals surface area contributed by atoms with Crippen LogP contribution in [-0.4, -0.2) is 37.5 Å². The lowest BCUT2D eigenvalue weighted by Crippen LogP contribution is -2.51. The second kappa shape index (κ2) is 11.4. The lowest BCUT2D eigenvalue weighted by Gasteiger charge is -2.27. The summed E-state index contributed by atoms with van der Waals surface area (Å²) in [6.07, 6.45) is 3.07. The summed E-state index contributed by atoms with van der Waals surface area (Å²) in [4.78, 5) is 25.1. The van der Waals surface area contributed by atoms with Gasteiger partial charge in [0.15, 0.2) is 0 Å². The number of amides is 2. The summed E-state index contributed by atoms with van der Waals surface area (Å²) in [5.41, 5.74) is 0.502. The lowest BCUT2D eigenvalue weighted by atomic mass is 9.96. The molecule has 5 nitrogen and oxygen atoms in total. The number of nitrogens with one attached hydrogen (secondary N) is 3. The van der Waals surface area contributed by atoms with Gasteiger partial charge in [-0.25, -0.2) is 0 Å². The maximum Gasteiger partial charge on any atom is 0.251 e. The van der Waals surface area contributed by atoms with E-state index in [-0.39, 0.29) is 30.1 Å². The highest BCUT2D eigenvalue weighted by Gasteiger charge is 2.27. The molecule has 3 unspecified atom stereocenters. The average molecular weight is 402 g/mol. The fraction of sp³-hybridized carbons (Fsp3) is 0.579. The topological polar surface area (TPSA) is 70.2 Å². The molecule has 1 aromatic carbocycles. The molecule has 0 bridgehead atoms. The molecule has 1 saturated heterocycles. The highest BCUT2D eigenvalue weighted by Crippen LogP contribution is 2.13. The van der Waals surface area contributed by atoms with E-state index in [1.165, 1.54) is 0 Å². The minimum Gasteiger partial charge on any atom is -0.354 e. The molecule has 26 heavy (non-hydrogen) atoms. The fourth-order valence-electron chi connectivity index (χ4n) is 2.98. The molecular weight excluding hydrogens is 373 g/mol. The molecule has 3 atom stereocenters. The Morgan fingerprint density at radius 3 is 2.58 bits per heavy atom. The van der Waals surface area contributed by atoms with Crippen LogP contribution in [0.2, 0.25) is 5.02 Å². The van der Waals surface area contributed by atoms with Crippen molar-refractivity contribution in [2.45, 2.75) is 39.2 Å². The highest BCUT2D eigenvalue weighted by molar-refractivity contribution is 6.30. The summed E-state index contributed by atoms with van der Waals surface area (Å²) in [6.45, 7) is 6.64. The summed E-state index contributed by atoms with van der Waals surface area (Å²) in [6, 6.07) is 6.13. The monoisotopic (exact) mass is 401 g/mol. The maximum atomic E-state index is 12.6. The van der Waals surface area contributed by atoms with Crippen LogP contribution in [0.3, 0.4) is 0 Å². The van der Waals surface area contributed by atoms with Gasteiger partial charge in [0.25, 0.3) is 5.91 Å². The van der Waals surface area contributed by atoms with Gasteiger partial charge in [-0.05, 0) is 62.0 Å². The Kier molecular flexibility index (Phi) is 9.99. The number of piperidine rings is 1. The zero-order valence-corrected chi connectivity index (χ0v) is 17.0. The van der Waals surface area contributed by atoms with Crippen molar-refractivity contribution in [2.75, 3.05) is 19.6 Å². The molecule has 7 heteroatoms. The molecular formula is C19H29Cl2N3O2. The van der Waals surface area contributed by atoms with Crippen molar-refractivity contribution < 1.29 is 9.59 Å². The van der Waals surface area contributed by atoms with Crippen LogP contribution in [0.1, 0.15) is 43.5 Å². The second-order valence-electron chi connectivity index (χ2n) is 6.80. The van der Waals surface area contributed by atoms with Crippen LogP contribution in [0.5, 0.6) is 0 Å². The smallest absolute Gasteiger partial charge is 0.251 e. The minimum absolute atomic E-state index is 0. The highest BCUT2D eigenvalue weighted by atomic mass is 35.5. The number of hydrogen-bond acceptors (Lipinski definition) is 3. The molecule has 0 radical (unpaired) electrons. The predicted octanol–water partition coefficient (Wildman–Crippen LogP) is 3.02. The van der Waals surface area contributed by atoms with Crippen molar-refractivity contribution in [3.8, 4) is 0 Å². The third-order valence-electron chi connectivity index (χ3n) is 4.85. The summed E-state index contributed by atoms with van der Waals surface area (Å²) in [5.74, 6) is 0.154. The van der Waals surface area contributed by atoms with Gasteiger partial charge in [-0.3, -0.25) is 9.59 Å². The van der Waals surface area contributed by atoms with Crippen molar-refractivity contribution in [3.63, 3.8) is 0 Å². The molecule has 2 rings (SSSR count). The Labute approximate surface area is 167 Å². The standard InChI is InChI=1S/C19H28ClN3O2.ClH/c1-3-13(2)17(19(25)22-12-14-5-4-10-21-11-14)23-18(24)15-6-8-16(20)9-7-15;/h6-9,13-14,17,21H,3-5,10-12H2,1-2H3,(H,22,25)(H,23,24);1H. The van der Waals surface area contributed by atoms with Crippen LogP contribution >= 0.6 is 24.0 Å². The van der Waals surface area contributed by atoms with Gasteiger partial charge in [0, 0.05) is 17.1 Å². The number of carbonyl (C=O) groups excluding carboxylic acids is 2. The Morgan fingerprint density at radius 1 is 1.31 bits per heavy atom. The summed E-state index contributed by atoms with van der Waals surface area (Å²) in [7, 11) is 0. The molecule has 1 aliphatic heterocycles. The van der Waals surface area contributed by atoms with Crippen LogP contribution in [0.4, 0.5) is 0 Å². The van der Waals surface area contributed by atoms with Crippen LogP contribution in [0.15, 0.2) is 24.3 Å². The molecule has 146 valence electrons. The predicted molar refractivity (Wildman–Crippen MR) is 108 cm³/mol. The minimum atomic E-state index is -0.537. The largest absolute Gasteiger partial charge is 0.354 e. The van der Waals surface area contributed by atoms with E-state index >= 15 is 0 Å². The van der Waals surface area contributed by atoms with E-state index in [1.54, 1.807) is 24.3 Å². The van der Waals surface area contributed by atoms with Crippen LogP contribution in [-0.2, 0) is 4.79 Å². The van der Waals surface area contributed by atoms with Crippen molar-refractivity contribution in [1.29, 1.82) is 0 Å². The van der Waals surface area contributed by atoms with Crippen molar-refractivity contribution >= 4 is 35.8 Å². The molecule has 0 saturated carbocycles. The quantitative estimate of drug-likeness (QED) is 0.657. The van der Waals surface area contributed by atoms with Crippen LogP contribution < -0.4 is 16.0 Å². The lowest BCUT2D eigenvalue weighted by molar-refractivity contribution is -0.124. The van der Waals surface area contributed by atoms with E-state index in [0.717, 1.165) is 32.4 Å².